The number of fused-ring (bicyclic) bond motifs is 1. The van der Waals surface area contributed by atoms with E-state index in [4.69, 9.17) is 19.3 Å². The van der Waals surface area contributed by atoms with Gasteiger partial charge in [0, 0.05) is 5.56 Å². The lowest BCUT2D eigenvalue weighted by Gasteiger charge is -2.21. The van der Waals surface area contributed by atoms with Crippen molar-refractivity contribution in [3.05, 3.63) is 53.6 Å². The smallest absolute Gasteiger partial charge is 0.322 e. The van der Waals surface area contributed by atoms with Crippen molar-refractivity contribution in [2.45, 2.75) is 20.1 Å². The monoisotopic (exact) mass is 386 g/mol. The summed E-state index contributed by atoms with van der Waals surface area (Å²) in [6.07, 6.45) is 0. The molecule has 28 heavy (non-hydrogen) atoms. The van der Waals surface area contributed by atoms with E-state index in [1.165, 1.54) is 0 Å². The Bertz CT molecular complexity index is 796. The zero-order valence-corrected chi connectivity index (χ0v) is 16.0. The van der Waals surface area contributed by atoms with Gasteiger partial charge in [-0.1, -0.05) is 18.2 Å². The molecule has 0 saturated heterocycles. The van der Waals surface area contributed by atoms with Gasteiger partial charge in [-0.2, -0.15) is 0 Å². The van der Waals surface area contributed by atoms with Gasteiger partial charge in [-0.3, -0.25) is 0 Å². The van der Waals surface area contributed by atoms with E-state index >= 15 is 0 Å². The largest absolute Gasteiger partial charge is 0.492 e. The summed E-state index contributed by atoms with van der Waals surface area (Å²) in [6, 6.07) is 13.0. The van der Waals surface area contributed by atoms with Crippen LogP contribution in [-0.4, -0.2) is 49.0 Å². The van der Waals surface area contributed by atoms with Crippen LogP contribution in [0.3, 0.4) is 0 Å². The summed E-state index contributed by atoms with van der Waals surface area (Å²) in [5.41, 5.74) is 2.54. The van der Waals surface area contributed by atoms with Gasteiger partial charge in [0.15, 0.2) is 0 Å². The Morgan fingerprint density at radius 1 is 1.29 bits per heavy atom. The molecule has 2 N–H and O–H groups in total. The molecule has 0 fully saturated rings. The number of aliphatic hydroxyl groups is 1. The fourth-order valence-corrected chi connectivity index (χ4v) is 3.01. The molecular formula is C21H26N2O5. The molecule has 3 rings (SSSR count). The highest BCUT2D eigenvalue weighted by Gasteiger charge is 2.21. The summed E-state index contributed by atoms with van der Waals surface area (Å²) in [5, 5.41) is 11.8. The number of anilines is 1. The molecule has 7 nitrogen and oxygen atoms in total. The van der Waals surface area contributed by atoms with Crippen LogP contribution in [0, 0.1) is 0 Å². The first-order valence-corrected chi connectivity index (χ1v) is 9.42. The molecule has 7 heteroatoms. The molecule has 0 aliphatic carbocycles. The van der Waals surface area contributed by atoms with Crippen molar-refractivity contribution in [3.63, 3.8) is 0 Å². The van der Waals surface area contributed by atoms with E-state index in [-0.39, 0.29) is 12.6 Å². The van der Waals surface area contributed by atoms with Crippen LogP contribution in [0.1, 0.15) is 18.1 Å². The Labute approximate surface area is 164 Å². The number of para-hydroxylation sites is 2. The number of carbonyl (C=O) groups is 1. The normalized spacial score (nSPS) is 13.3. The quantitative estimate of drug-likeness (QED) is 0.715. The maximum absolute atomic E-state index is 12.8. The highest BCUT2D eigenvalue weighted by molar-refractivity contribution is 5.91. The summed E-state index contributed by atoms with van der Waals surface area (Å²) < 4.78 is 16.8. The van der Waals surface area contributed by atoms with Gasteiger partial charge in [0.2, 0.25) is 0 Å². The van der Waals surface area contributed by atoms with Gasteiger partial charge in [-0.05, 0) is 36.8 Å². The average molecular weight is 386 g/mol. The van der Waals surface area contributed by atoms with Crippen LogP contribution < -0.4 is 14.8 Å². The van der Waals surface area contributed by atoms with Crippen molar-refractivity contribution in [1.82, 2.24) is 4.90 Å². The third-order valence-corrected chi connectivity index (χ3v) is 4.32. The van der Waals surface area contributed by atoms with Crippen LogP contribution in [0.5, 0.6) is 11.5 Å². The highest BCUT2D eigenvalue weighted by atomic mass is 16.5. The van der Waals surface area contributed by atoms with E-state index in [2.05, 4.69) is 5.32 Å². The Morgan fingerprint density at radius 3 is 2.96 bits per heavy atom. The Kier molecular flexibility index (Phi) is 7.11. The second kappa shape index (κ2) is 9.96. The number of amides is 2. The number of rotatable bonds is 7. The molecular weight excluding hydrogens is 360 g/mol. The number of hydrogen-bond acceptors (Lipinski definition) is 5. The van der Waals surface area contributed by atoms with E-state index in [0.29, 0.717) is 51.0 Å². The summed E-state index contributed by atoms with van der Waals surface area (Å²) in [6.45, 7) is 4.46. The van der Waals surface area contributed by atoms with Gasteiger partial charge >= 0.3 is 6.03 Å². The second-order valence-corrected chi connectivity index (χ2v) is 6.35. The molecule has 1 aliphatic rings. The number of hydrogen-bond donors (Lipinski definition) is 2. The lowest BCUT2D eigenvalue weighted by Crippen LogP contribution is -2.36. The molecule has 0 atom stereocenters. The molecule has 0 bridgehead atoms. The van der Waals surface area contributed by atoms with E-state index < -0.39 is 0 Å². The first-order valence-electron chi connectivity index (χ1n) is 9.42. The molecule has 2 amide bonds. The maximum atomic E-state index is 12.8. The number of carbonyl (C=O) groups excluding carboxylic acids is 1. The van der Waals surface area contributed by atoms with Crippen molar-refractivity contribution in [3.8, 4) is 11.5 Å². The van der Waals surface area contributed by atoms with Crippen LogP contribution >= 0.6 is 0 Å². The third-order valence-electron chi connectivity index (χ3n) is 4.32. The Balaban J connectivity index is 1.70. The van der Waals surface area contributed by atoms with Crippen molar-refractivity contribution >= 4 is 11.7 Å². The Morgan fingerprint density at radius 2 is 2.14 bits per heavy atom. The average Bonchev–Trinajstić information content (AvgIpc) is 2.92. The van der Waals surface area contributed by atoms with Crippen molar-refractivity contribution < 1.29 is 24.1 Å². The van der Waals surface area contributed by atoms with Crippen LogP contribution in [0.15, 0.2) is 42.5 Å². The van der Waals surface area contributed by atoms with Crippen molar-refractivity contribution in [2.24, 2.45) is 0 Å². The summed E-state index contributed by atoms with van der Waals surface area (Å²) in [7, 11) is 0. The maximum Gasteiger partial charge on any atom is 0.322 e. The number of urea groups is 1. The van der Waals surface area contributed by atoms with Crippen LogP contribution in [0.2, 0.25) is 0 Å². The molecule has 2 aromatic rings. The third kappa shape index (κ3) is 5.15. The molecule has 0 radical (unpaired) electrons. The molecule has 0 saturated carbocycles. The topological polar surface area (TPSA) is 80.3 Å². The SMILES string of the molecule is CCOc1ccccc1NC(=O)N1CCOc2ccc(COCCO)cc2C1. The number of nitrogens with one attached hydrogen (secondary N) is 1. The summed E-state index contributed by atoms with van der Waals surface area (Å²) in [5.74, 6) is 1.42. The van der Waals surface area contributed by atoms with E-state index in [0.717, 1.165) is 16.9 Å². The summed E-state index contributed by atoms with van der Waals surface area (Å²) in [4.78, 5) is 14.5. The van der Waals surface area contributed by atoms with Gasteiger partial charge in [-0.25, -0.2) is 4.79 Å². The predicted molar refractivity (Wildman–Crippen MR) is 106 cm³/mol. The minimum absolute atomic E-state index is 0.00871. The molecule has 1 heterocycles. The van der Waals surface area contributed by atoms with E-state index in [1.54, 1.807) is 4.90 Å². The fourth-order valence-electron chi connectivity index (χ4n) is 3.01. The molecule has 1 aliphatic heterocycles. The van der Waals surface area contributed by atoms with Gasteiger partial charge in [0.25, 0.3) is 0 Å². The number of ether oxygens (including phenoxy) is 3. The van der Waals surface area contributed by atoms with Crippen LogP contribution in [-0.2, 0) is 17.9 Å². The standard InChI is InChI=1S/C21H26N2O5/c1-2-27-20-6-4-3-5-18(20)22-21(25)23-9-11-28-19-8-7-16(13-17(19)14-23)15-26-12-10-24/h3-8,13,24H,2,9-12,14-15H2,1H3,(H,22,25). The van der Waals surface area contributed by atoms with Gasteiger partial charge in [-0.15, -0.1) is 0 Å². The second-order valence-electron chi connectivity index (χ2n) is 6.35. The zero-order chi connectivity index (χ0) is 19.8. The molecule has 2 aromatic carbocycles. The van der Waals surface area contributed by atoms with Crippen LogP contribution in [0.25, 0.3) is 0 Å². The van der Waals surface area contributed by atoms with Crippen LogP contribution in [0.4, 0.5) is 10.5 Å². The van der Waals surface area contributed by atoms with E-state index in [9.17, 15) is 4.79 Å². The first-order chi connectivity index (χ1) is 13.7. The van der Waals surface area contributed by atoms with Gasteiger partial charge in [0.05, 0.1) is 45.2 Å². The van der Waals surface area contributed by atoms with E-state index in [1.807, 2.05) is 49.4 Å². The molecule has 0 aromatic heterocycles. The van der Waals surface area contributed by atoms with Gasteiger partial charge in [0.1, 0.15) is 18.1 Å². The number of benzene rings is 2. The first kappa shape index (κ1) is 20.0. The lowest BCUT2D eigenvalue weighted by molar-refractivity contribution is 0.0815. The summed E-state index contributed by atoms with van der Waals surface area (Å²) >= 11 is 0. The lowest BCUT2D eigenvalue weighted by atomic mass is 10.1. The van der Waals surface area contributed by atoms with Crippen molar-refractivity contribution in [2.75, 3.05) is 38.3 Å². The highest BCUT2D eigenvalue weighted by Crippen LogP contribution is 2.27. The number of nitrogens with zero attached hydrogens (tertiary/aromatic N) is 1. The van der Waals surface area contributed by atoms with Gasteiger partial charge < -0.3 is 29.5 Å². The number of aliphatic hydroxyl groups excluding tert-OH is 1. The fraction of sp³-hybridized carbons (Fsp3) is 0.381. The predicted octanol–water partition coefficient (Wildman–Crippen LogP) is 3.02. The molecule has 0 unspecified atom stereocenters. The Hall–Kier alpha value is -2.77. The molecule has 150 valence electrons. The van der Waals surface area contributed by atoms with Crippen molar-refractivity contribution in [1.29, 1.82) is 0 Å². The molecule has 0 spiro atoms. The zero-order valence-electron chi connectivity index (χ0n) is 16.0. The minimum atomic E-state index is -0.203. The minimum Gasteiger partial charge on any atom is -0.492 e.